The largest absolute Gasteiger partial charge is 0.382 e. The highest BCUT2D eigenvalue weighted by molar-refractivity contribution is 7.88. The van der Waals surface area contributed by atoms with E-state index in [2.05, 4.69) is 10.0 Å². The highest BCUT2D eigenvalue weighted by Gasteiger charge is 2.02. The minimum absolute atomic E-state index is 0.0533. The van der Waals surface area contributed by atoms with Gasteiger partial charge in [-0.25, -0.2) is 13.1 Å². The number of sulfonamides is 1. The molecule has 0 aromatic carbocycles. The first kappa shape index (κ1) is 15.3. The van der Waals surface area contributed by atoms with Gasteiger partial charge in [-0.1, -0.05) is 0 Å². The monoisotopic (exact) mass is 254 g/mol. The van der Waals surface area contributed by atoms with Gasteiger partial charge in [-0.2, -0.15) is 0 Å². The van der Waals surface area contributed by atoms with E-state index in [1.807, 2.05) is 0 Å². The Kier molecular flexibility index (Phi) is 8.08. The lowest BCUT2D eigenvalue weighted by molar-refractivity contribution is -0.126. The first-order chi connectivity index (χ1) is 7.45. The first-order valence-corrected chi connectivity index (χ1v) is 6.63. The molecule has 0 saturated carbocycles. The highest BCUT2D eigenvalue weighted by atomic mass is 32.2. The van der Waals surface area contributed by atoms with Gasteiger partial charge in [-0.05, 0) is 0 Å². The Hall–Kier alpha value is -0.700. The number of rotatable bonds is 9. The third-order valence-corrected chi connectivity index (χ3v) is 2.20. The van der Waals surface area contributed by atoms with Crippen molar-refractivity contribution in [3.63, 3.8) is 0 Å². The van der Waals surface area contributed by atoms with E-state index in [0.29, 0.717) is 13.2 Å². The zero-order valence-electron chi connectivity index (χ0n) is 9.49. The van der Waals surface area contributed by atoms with Crippen LogP contribution in [-0.4, -0.2) is 60.6 Å². The van der Waals surface area contributed by atoms with E-state index in [9.17, 15) is 13.2 Å². The molecular formula is C8H18N2O5S. The molecule has 0 aliphatic carbocycles. The van der Waals surface area contributed by atoms with Gasteiger partial charge in [0.15, 0.2) is 0 Å². The van der Waals surface area contributed by atoms with Crippen LogP contribution < -0.4 is 10.0 Å². The van der Waals surface area contributed by atoms with Crippen LogP contribution >= 0.6 is 0 Å². The molecule has 0 saturated heterocycles. The lowest BCUT2D eigenvalue weighted by atomic mass is 10.5. The summed E-state index contributed by atoms with van der Waals surface area (Å²) in [6.07, 6.45) is 1.06. The van der Waals surface area contributed by atoms with E-state index in [1.165, 1.54) is 0 Å². The van der Waals surface area contributed by atoms with Gasteiger partial charge in [0, 0.05) is 20.2 Å². The molecule has 96 valence electrons. The molecule has 0 atom stereocenters. The van der Waals surface area contributed by atoms with Gasteiger partial charge in [0.2, 0.25) is 15.9 Å². The number of hydrogen-bond donors (Lipinski definition) is 2. The van der Waals surface area contributed by atoms with Crippen molar-refractivity contribution in [2.75, 3.05) is 46.3 Å². The van der Waals surface area contributed by atoms with Gasteiger partial charge >= 0.3 is 0 Å². The topological polar surface area (TPSA) is 93.7 Å². The Bertz CT molecular complexity index is 291. The Morgan fingerprint density at radius 1 is 1.25 bits per heavy atom. The molecule has 16 heavy (non-hydrogen) atoms. The quantitative estimate of drug-likeness (QED) is 0.479. The van der Waals surface area contributed by atoms with Crippen LogP contribution in [0.3, 0.4) is 0 Å². The molecule has 0 bridgehead atoms. The van der Waals surface area contributed by atoms with Crippen LogP contribution in [0.25, 0.3) is 0 Å². The molecule has 1 amide bonds. The summed E-state index contributed by atoms with van der Waals surface area (Å²) in [7, 11) is -1.65. The van der Waals surface area contributed by atoms with E-state index < -0.39 is 10.0 Å². The molecule has 8 heteroatoms. The maximum atomic E-state index is 11.1. The smallest absolute Gasteiger partial charge is 0.246 e. The van der Waals surface area contributed by atoms with Gasteiger partial charge in [0.1, 0.15) is 6.61 Å². The first-order valence-electron chi connectivity index (χ1n) is 4.73. The van der Waals surface area contributed by atoms with Crippen molar-refractivity contribution >= 4 is 15.9 Å². The third kappa shape index (κ3) is 11.4. The van der Waals surface area contributed by atoms with Crippen molar-refractivity contribution in [2.24, 2.45) is 0 Å². The summed E-state index contributed by atoms with van der Waals surface area (Å²) in [5.74, 6) is -0.286. The second-order valence-electron chi connectivity index (χ2n) is 3.06. The maximum absolute atomic E-state index is 11.1. The van der Waals surface area contributed by atoms with Crippen LogP contribution in [0.2, 0.25) is 0 Å². The second-order valence-corrected chi connectivity index (χ2v) is 4.89. The second kappa shape index (κ2) is 8.45. The van der Waals surface area contributed by atoms with Gasteiger partial charge in [-0.15, -0.1) is 0 Å². The molecule has 0 aromatic rings. The van der Waals surface area contributed by atoms with Gasteiger partial charge in [-0.3, -0.25) is 4.79 Å². The predicted molar refractivity (Wildman–Crippen MR) is 58.6 cm³/mol. The van der Waals surface area contributed by atoms with E-state index in [4.69, 9.17) is 9.47 Å². The third-order valence-electron chi connectivity index (χ3n) is 1.48. The fourth-order valence-corrected chi connectivity index (χ4v) is 1.27. The van der Waals surface area contributed by atoms with Crippen molar-refractivity contribution in [3.8, 4) is 0 Å². The summed E-state index contributed by atoms with van der Waals surface area (Å²) in [5, 5.41) is 2.50. The normalized spacial score (nSPS) is 11.4. The number of amides is 1. The Morgan fingerprint density at radius 3 is 2.50 bits per heavy atom. The summed E-state index contributed by atoms with van der Waals surface area (Å²) in [6.45, 7) is 1.14. The molecule has 0 unspecified atom stereocenters. The van der Waals surface area contributed by atoms with Crippen LogP contribution in [0.15, 0.2) is 0 Å². The van der Waals surface area contributed by atoms with E-state index >= 15 is 0 Å². The van der Waals surface area contributed by atoms with Crippen LogP contribution in [0.4, 0.5) is 0 Å². The number of carbonyl (C=O) groups is 1. The average Bonchev–Trinajstić information content (AvgIpc) is 2.18. The molecule has 0 fully saturated rings. The fourth-order valence-electron chi connectivity index (χ4n) is 0.797. The lowest BCUT2D eigenvalue weighted by Crippen LogP contribution is -2.36. The SMILES string of the molecule is COCCOCC(=O)NCCNS(C)(=O)=O. The molecule has 0 aliphatic heterocycles. The van der Waals surface area contributed by atoms with Crippen LogP contribution in [0.1, 0.15) is 0 Å². The molecular weight excluding hydrogens is 236 g/mol. The maximum Gasteiger partial charge on any atom is 0.246 e. The minimum atomic E-state index is -3.20. The molecule has 2 N–H and O–H groups in total. The predicted octanol–water partition coefficient (Wildman–Crippen LogP) is -1.69. The van der Waals surface area contributed by atoms with Crippen molar-refractivity contribution < 1.29 is 22.7 Å². The van der Waals surface area contributed by atoms with Crippen molar-refractivity contribution in [1.82, 2.24) is 10.0 Å². The Morgan fingerprint density at radius 2 is 1.94 bits per heavy atom. The Labute approximate surface area is 95.5 Å². The number of hydrogen-bond acceptors (Lipinski definition) is 5. The van der Waals surface area contributed by atoms with Crippen LogP contribution in [-0.2, 0) is 24.3 Å². The summed E-state index contributed by atoms with van der Waals surface area (Å²) >= 11 is 0. The average molecular weight is 254 g/mol. The molecule has 0 radical (unpaired) electrons. The van der Waals surface area contributed by atoms with Gasteiger partial charge in [0.25, 0.3) is 0 Å². The molecule has 0 rings (SSSR count). The van der Waals surface area contributed by atoms with E-state index in [0.717, 1.165) is 6.26 Å². The molecule has 7 nitrogen and oxygen atoms in total. The zero-order chi connectivity index (χ0) is 12.4. The van der Waals surface area contributed by atoms with Crippen molar-refractivity contribution in [3.05, 3.63) is 0 Å². The number of nitrogens with one attached hydrogen (secondary N) is 2. The van der Waals surface area contributed by atoms with Gasteiger partial charge < -0.3 is 14.8 Å². The zero-order valence-corrected chi connectivity index (χ0v) is 10.3. The van der Waals surface area contributed by atoms with Crippen molar-refractivity contribution in [1.29, 1.82) is 0 Å². The van der Waals surface area contributed by atoms with Crippen LogP contribution in [0.5, 0.6) is 0 Å². The van der Waals surface area contributed by atoms with E-state index in [1.54, 1.807) is 7.11 Å². The standard InChI is InChI=1S/C8H18N2O5S/c1-14-5-6-15-7-8(11)9-3-4-10-16(2,12)13/h10H,3-7H2,1-2H3,(H,9,11). The number of ether oxygens (including phenoxy) is 2. The summed E-state index contributed by atoms with van der Waals surface area (Å²) in [4.78, 5) is 11.1. The molecule has 0 heterocycles. The molecule has 0 aliphatic rings. The van der Waals surface area contributed by atoms with Crippen LogP contribution in [0, 0.1) is 0 Å². The Balaban J connectivity index is 3.37. The number of carbonyl (C=O) groups excluding carboxylic acids is 1. The van der Waals surface area contributed by atoms with Gasteiger partial charge in [0.05, 0.1) is 19.5 Å². The molecule has 0 aromatic heterocycles. The highest BCUT2D eigenvalue weighted by Crippen LogP contribution is 1.77. The summed E-state index contributed by atoms with van der Waals surface area (Å²) in [5.41, 5.74) is 0. The van der Waals surface area contributed by atoms with Crippen molar-refractivity contribution in [2.45, 2.75) is 0 Å². The fraction of sp³-hybridized carbons (Fsp3) is 0.875. The minimum Gasteiger partial charge on any atom is -0.382 e. The number of methoxy groups -OCH3 is 1. The summed E-state index contributed by atoms with van der Waals surface area (Å²) in [6, 6.07) is 0. The lowest BCUT2D eigenvalue weighted by Gasteiger charge is -2.06. The molecule has 0 spiro atoms. The van der Waals surface area contributed by atoms with E-state index in [-0.39, 0.29) is 25.6 Å². The summed E-state index contributed by atoms with van der Waals surface area (Å²) < 4.78 is 33.2.